The Bertz CT molecular complexity index is 1260. The number of aromatic nitrogens is 4. The van der Waals surface area contributed by atoms with Crippen LogP contribution in [-0.4, -0.2) is 37.8 Å². The number of imidazole rings is 1. The number of aromatic hydroxyl groups is 1. The molecule has 5 rings (SSSR count). The average Bonchev–Trinajstić information content (AvgIpc) is 3.27. The lowest BCUT2D eigenvalue weighted by Gasteiger charge is -2.18. The monoisotopic (exact) mass is 415 g/mol. The van der Waals surface area contributed by atoms with Crippen LogP contribution in [0, 0.1) is 6.92 Å². The molecule has 0 unspecified atom stereocenters. The van der Waals surface area contributed by atoms with Gasteiger partial charge in [0.05, 0.1) is 5.54 Å². The van der Waals surface area contributed by atoms with E-state index in [1.807, 2.05) is 54.0 Å². The van der Waals surface area contributed by atoms with Crippen molar-refractivity contribution in [2.45, 2.75) is 32.7 Å². The topological polar surface area (TPSA) is 85.1 Å². The summed E-state index contributed by atoms with van der Waals surface area (Å²) in [6.07, 6.45) is 0.778. The number of hydrogen-bond acceptors (Lipinski definition) is 6. The van der Waals surface area contributed by atoms with Gasteiger partial charge in [0.25, 0.3) is 6.01 Å². The summed E-state index contributed by atoms with van der Waals surface area (Å²) in [6.45, 7) is 7.38. The smallest absolute Gasteiger partial charge is 0.299 e. The van der Waals surface area contributed by atoms with Gasteiger partial charge in [-0.1, -0.05) is 36.4 Å². The molecule has 0 spiro atoms. The Hall–Kier alpha value is -3.61. The normalized spacial score (nSPS) is 14.4. The molecule has 0 saturated heterocycles. The summed E-state index contributed by atoms with van der Waals surface area (Å²) in [5.41, 5.74) is 4.29. The predicted molar refractivity (Wildman–Crippen MR) is 121 cm³/mol. The molecule has 7 nitrogen and oxygen atoms in total. The van der Waals surface area contributed by atoms with E-state index >= 15 is 0 Å². The number of fused-ring (bicyclic) bond motifs is 3. The second-order valence-corrected chi connectivity index (χ2v) is 8.52. The number of ether oxygens (including phenoxy) is 1. The summed E-state index contributed by atoms with van der Waals surface area (Å²) in [7, 11) is 0. The van der Waals surface area contributed by atoms with Crippen molar-refractivity contribution in [2.75, 3.05) is 18.5 Å². The predicted octanol–water partition coefficient (Wildman–Crippen LogP) is 4.29. The van der Waals surface area contributed by atoms with Crippen molar-refractivity contribution in [2.24, 2.45) is 0 Å². The Morgan fingerprint density at radius 3 is 2.71 bits per heavy atom. The third kappa shape index (κ3) is 3.46. The number of hydrogen-bond donors (Lipinski definition) is 2. The van der Waals surface area contributed by atoms with Crippen LogP contribution in [0.3, 0.4) is 0 Å². The molecule has 0 bridgehead atoms. The summed E-state index contributed by atoms with van der Waals surface area (Å²) in [6, 6.07) is 16.2. The van der Waals surface area contributed by atoms with Crippen LogP contribution in [0.2, 0.25) is 0 Å². The molecule has 3 heterocycles. The van der Waals surface area contributed by atoms with Gasteiger partial charge in [-0.15, -0.1) is 0 Å². The first kappa shape index (κ1) is 19.4. The van der Waals surface area contributed by atoms with Crippen molar-refractivity contribution in [1.82, 2.24) is 19.5 Å². The van der Waals surface area contributed by atoms with Crippen LogP contribution in [0.15, 0.2) is 48.5 Å². The van der Waals surface area contributed by atoms with Gasteiger partial charge in [-0.2, -0.15) is 4.98 Å². The molecule has 158 valence electrons. The van der Waals surface area contributed by atoms with E-state index in [9.17, 15) is 5.11 Å². The Morgan fingerprint density at radius 1 is 1.10 bits per heavy atom. The summed E-state index contributed by atoms with van der Waals surface area (Å²) < 4.78 is 7.82. The molecule has 0 atom stereocenters. The Labute approximate surface area is 180 Å². The van der Waals surface area contributed by atoms with Crippen LogP contribution < -0.4 is 10.1 Å². The summed E-state index contributed by atoms with van der Waals surface area (Å²) >= 11 is 0. The molecule has 0 radical (unpaired) electrons. The third-order valence-electron chi connectivity index (χ3n) is 5.60. The quantitative estimate of drug-likeness (QED) is 0.506. The Kier molecular flexibility index (Phi) is 4.54. The summed E-state index contributed by atoms with van der Waals surface area (Å²) in [5, 5.41) is 13.7. The lowest BCUT2D eigenvalue weighted by atomic mass is 10.0. The zero-order chi connectivity index (χ0) is 21.6. The maximum atomic E-state index is 10.3. The van der Waals surface area contributed by atoms with Gasteiger partial charge in [0.1, 0.15) is 18.2 Å². The molecule has 1 aliphatic rings. The Morgan fingerprint density at radius 2 is 1.90 bits per heavy atom. The van der Waals surface area contributed by atoms with Crippen molar-refractivity contribution >= 4 is 17.0 Å². The van der Waals surface area contributed by atoms with E-state index in [2.05, 4.69) is 34.1 Å². The molecule has 7 heteroatoms. The number of benzene rings is 2. The highest BCUT2D eigenvalue weighted by atomic mass is 16.5. The second kappa shape index (κ2) is 7.27. The molecule has 31 heavy (non-hydrogen) atoms. The maximum Gasteiger partial charge on any atom is 0.299 e. The van der Waals surface area contributed by atoms with E-state index in [1.54, 1.807) is 6.07 Å². The Balaban J connectivity index is 1.38. The van der Waals surface area contributed by atoms with Gasteiger partial charge in [0.2, 0.25) is 0 Å². The molecular formula is C24H25N5O2. The number of phenols is 1. The largest absolute Gasteiger partial charge is 0.507 e. The molecule has 2 aromatic heterocycles. The van der Waals surface area contributed by atoms with Crippen LogP contribution in [0.4, 0.5) is 5.82 Å². The molecule has 2 N–H and O–H groups in total. The van der Waals surface area contributed by atoms with Gasteiger partial charge in [-0.25, -0.2) is 9.97 Å². The number of nitrogens with one attached hydrogen (secondary N) is 1. The molecular weight excluding hydrogens is 390 g/mol. The number of phenolic OH excluding ortho intramolecular Hbond substituents is 1. The minimum absolute atomic E-state index is 0.192. The van der Waals surface area contributed by atoms with Crippen molar-refractivity contribution in [1.29, 1.82) is 0 Å². The highest BCUT2D eigenvalue weighted by Gasteiger charge is 2.35. The standard InChI is InChI=1S/C24H25N5O2/c1-15-26-21(20-22(27-15)29-23(28-20)31-14-24(29,2)3)25-12-11-16-9-10-19(30)18(13-16)17-7-5-4-6-8-17/h4-10,13,30H,11-12,14H2,1-3H3,(H,25,26,27). The van der Waals surface area contributed by atoms with Gasteiger partial charge in [-0.05, 0) is 50.5 Å². The number of rotatable bonds is 5. The van der Waals surface area contributed by atoms with E-state index in [-0.39, 0.29) is 11.3 Å². The highest BCUT2D eigenvalue weighted by Crippen LogP contribution is 2.36. The molecule has 1 aliphatic heterocycles. The fraction of sp³-hybridized carbons (Fsp3) is 0.292. The van der Waals surface area contributed by atoms with Crippen LogP contribution >= 0.6 is 0 Å². The van der Waals surface area contributed by atoms with Crippen LogP contribution in [0.1, 0.15) is 25.2 Å². The average molecular weight is 415 g/mol. The first-order valence-corrected chi connectivity index (χ1v) is 10.4. The van der Waals surface area contributed by atoms with E-state index in [1.165, 1.54) is 0 Å². The van der Waals surface area contributed by atoms with Crippen molar-refractivity contribution in [3.63, 3.8) is 0 Å². The van der Waals surface area contributed by atoms with Gasteiger partial charge in [-0.3, -0.25) is 4.57 Å². The van der Waals surface area contributed by atoms with Gasteiger partial charge in [0.15, 0.2) is 17.0 Å². The van der Waals surface area contributed by atoms with Gasteiger partial charge in [0, 0.05) is 12.1 Å². The lowest BCUT2D eigenvalue weighted by Crippen LogP contribution is -2.26. The van der Waals surface area contributed by atoms with Crippen molar-refractivity contribution in [3.05, 3.63) is 59.9 Å². The minimum atomic E-state index is -0.192. The summed E-state index contributed by atoms with van der Waals surface area (Å²) in [5.74, 6) is 1.69. The van der Waals surface area contributed by atoms with Crippen LogP contribution in [0.5, 0.6) is 11.8 Å². The first-order chi connectivity index (χ1) is 14.9. The fourth-order valence-electron chi connectivity index (χ4n) is 4.03. The first-order valence-electron chi connectivity index (χ1n) is 10.4. The fourth-order valence-corrected chi connectivity index (χ4v) is 4.03. The minimum Gasteiger partial charge on any atom is -0.507 e. The molecule has 2 aromatic carbocycles. The van der Waals surface area contributed by atoms with Crippen molar-refractivity contribution < 1.29 is 9.84 Å². The third-order valence-corrected chi connectivity index (χ3v) is 5.60. The van der Waals surface area contributed by atoms with Crippen molar-refractivity contribution in [3.8, 4) is 22.9 Å². The molecule has 0 amide bonds. The zero-order valence-electron chi connectivity index (χ0n) is 17.9. The van der Waals surface area contributed by atoms with E-state index in [0.29, 0.717) is 30.8 Å². The number of aryl methyl sites for hydroxylation is 1. The number of nitrogens with zero attached hydrogens (tertiary/aromatic N) is 4. The summed E-state index contributed by atoms with van der Waals surface area (Å²) in [4.78, 5) is 13.8. The highest BCUT2D eigenvalue weighted by molar-refractivity contribution is 5.84. The van der Waals surface area contributed by atoms with E-state index in [4.69, 9.17) is 4.74 Å². The molecule has 4 aromatic rings. The lowest BCUT2D eigenvalue weighted by molar-refractivity contribution is 0.268. The van der Waals surface area contributed by atoms with Gasteiger partial charge >= 0.3 is 0 Å². The van der Waals surface area contributed by atoms with Crippen LogP contribution in [0.25, 0.3) is 22.3 Å². The maximum absolute atomic E-state index is 10.3. The van der Waals surface area contributed by atoms with Gasteiger partial charge < -0.3 is 15.2 Å². The van der Waals surface area contributed by atoms with Crippen LogP contribution in [-0.2, 0) is 12.0 Å². The van der Waals surface area contributed by atoms with E-state index < -0.39 is 0 Å². The molecule has 0 aliphatic carbocycles. The zero-order valence-corrected chi connectivity index (χ0v) is 17.9. The van der Waals surface area contributed by atoms with E-state index in [0.717, 1.165) is 34.3 Å². The molecule has 0 fully saturated rings. The second-order valence-electron chi connectivity index (χ2n) is 8.52. The molecule has 0 saturated carbocycles. The SMILES string of the molecule is Cc1nc(NCCc2ccc(O)c(-c3ccccc3)c2)c2nc3n(c2n1)C(C)(C)CO3. The number of anilines is 1.